The van der Waals surface area contributed by atoms with Crippen LogP contribution in [0.2, 0.25) is 0 Å². The summed E-state index contributed by atoms with van der Waals surface area (Å²) in [6.07, 6.45) is 6.11. The minimum Gasteiger partial charge on any atom is -0.326 e. The van der Waals surface area contributed by atoms with Crippen molar-refractivity contribution in [1.82, 2.24) is 0 Å². The fourth-order valence-electron chi connectivity index (χ4n) is 1.89. The van der Waals surface area contributed by atoms with Crippen LogP contribution in [-0.2, 0) is 10.8 Å². The van der Waals surface area contributed by atoms with Crippen LogP contribution in [0.25, 0.3) is 0 Å². The molecule has 15 heavy (non-hydrogen) atoms. The number of nitrogens with two attached hydrogens (primary N) is 1. The van der Waals surface area contributed by atoms with Gasteiger partial charge in [-0.3, -0.25) is 4.21 Å². The van der Waals surface area contributed by atoms with Crippen molar-refractivity contribution in [3.8, 4) is 0 Å². The first-order valence-corrected chi connectivity index (χ1v) is 7.42. The summed E-state index contributed by atoms with van der Waals surface area (Å²) in [5.41, 5.74) is 6.14. The van der Waals surface area contributed by atoms with Crippen LogP contribution < -0.4 is 5.73 Å². The molecule has 0 radical (unpaired) electrons. The standard InChI is InChI=1S/C12H25NOS/c1-12(2,3)11(13)9-15(14)10-7-5-4-6-8-10/h10-11H,4-9,13H2,1-3H3. The van der Waals surface area contributed by atoms with E-state index in [4.69, 9.17) is 5.73 Å². The summed E-state index contributed by atoms with van der Waals surface area (Å²) >= 11 is 0. The molecule has 1 saturated carbocycles. The molecule has 0 heterocycles. The smallest absolute Gasteiger partial charge is 0.0394 e. The zero-order valence-electron chi connectivity index (χ0n) is 10.3. The van der Waals surface area contributed by atoms with Crippen LogP contribution in [0.4, 0.5) is 0 Å². The Labute approximate surface area is 96.5 Å². The van der Waals surface area contributed by atoms with Gasteiger partial charge in [-0.25, -0.2) is 0 Å². The molecule has 0 aliphatic heterocycles. The predicted molar refractivity (Wildman–Crippen MR) is 67.3 cm³/mol. The molecule has 0 aromatic carbocycles. The average Bonchev–Trinajstić information content (AvgIpc) is 2.17. The van der Waals surface area contributed by atoms with Gasteiger partial charge >= 0.3 is 0 Å². The van der Waals surface area contributed by atoms with Gasteiger partial charge in [0.25, 0.3) is 0 Å². The van der Waals surface area contributed by atoms with E-state index >= 15 is 0 Å². The highest BCUT2D eigenvalue weighted by atomic mass is 32.2. The Morgan fingerprint density at radius 2 is 1.80 bits per heavy atom. The normalized spacial score (nSPS) is 23.7. The third-order valence-corrected chi connectivity index (χ3v) is 5.28. The molecule has 0 aromatic rings. The largest absolute Gasteiger partial charge is 0.326 e. The van der Waals surface area contributed by atoms with E-state index in [0.717, 1.165) is 12.8 Å². The third-order valence-electron chi connectivity index (χ3n) is 3.38. The molecule has 1 rings (SSSR count). The molecule has 2 unspecified atom stereocenters. The van der Waals surface area contributed by atoms with Crippen molar-refractivity contribution in [2.75, 3.05) is 5.75 Å². The highest BCUT2D eigenvalue weighted by Gasteiger charge is 2.26. The van der Waals surface area contributed by atoms with E-state index in [1.54, 1.807) is 0 Å². The minimum atomic E-state index is -0.708. The molecule has 1 aliphatic carbocycles. The Hall–Kier alpha value is 0.110. The second-order valence-corrected chi connectivity index (χ2v) is 7.54. The van der Waals surface area contributed by atoms with Gasteiger partial charge in [-0.2, -0.15) is 0 Å². The average molecular weight is 231 g/mol. The molecule has 0 amide bonds. The van der Waals surface area contributed by atoms with Gasteiger partial charge in [-0.15, -0.1) is 0 Å². The van der Waals surface area contributed by atoms with Crippen molar-refractivity contribution < 1.29 is 4.21 Å². The fourth-order valence-corrected chi connectivity index (χ4v) is 3.88. The maximum atomic E-state index is 12.1. The topological polar surface area (TPSA) is 43.1 Å². The molecule has 0 bridgehead atoms. The van der Waals surface area contributed by atoms with Crippen LogP contribution in [0.5, 0.6) is 0 Å². The van der Waals surface area contributed by atoms with Crippen molar-refractivity contribution in [3.05, 3.63) is 0 Å². The Morgan fingerprint density at radius 3 is 2.27 bits per heavy atom. The molecular formula is C12H25NOS. The van der Waals surface area contributed by atoms with E-state index in [1.807, 2.05) is 0 Å². The molecule has 3 heteroatoms. The van der Waals surface area contributed by atoms with Gasteiger partial charge in [-0.05, 0) is 18.3 Å². The van der Waals surface area contributed by atoms with Crippen LogP contribution >= 0.6 is 0 Å². The van der Waals surface area contributed by atoms with Gasteiger partial charge < -0.3 is 5.73 Å². The van der Waals surface area contributed by atoms with E-state index in [1.165, 1.54) is 19.3 Å². The Balaban J connectivity index is 2.40. The van der Waals surface area contributed by atoms with E-state index in [2.05, 4.69) is 20.8 Å². The summed E-state index contributed by atoms with van der Waals surface area (Å²) in [6, 6.07) is 0.0558. The molecule has 0 saturated heterocycles. The first-order valence-electron chi connectivity index (χ1n) is 6.04. The summed E-state index contributed by atoms with van der Waals surface area (Å²) in [6.45, 7) is 6.36. The lowest BCUT2D eigenvalue weighted by Gasteiger charge is -2.29. The Morgan fingerprint density at radius 1 is 1.27 bits per heavy atom. The van der Waals surface area contributed by atoms with E-state index in [-0.39, 0.29) is 11.5 Å². The molecule has 0 spiro atoms. The number of hydrogen-bond acceptors (Lipinski definition) is 2. The van der Waals surface area contributed by atoms with Gasteiger partial charge in [0.2, 0.25) is 0 Å². The first kappa shape index (κ1) is 13.2. The molecule has 2 nitrogen and oxygen atoms in total. The van der Waals surface area contributed by atoms with Gasteiger partial charge in [0.1, 0.15) is 0 Å². The summed E-state index contributed by atoms with van der Waals surface area (Å²) in [7, 11) is -0.708. The van der Waals surface area contributed by atoms with Crippen LogP contribution in [0, 0.1) is 5.41 Å². The van der Waals surface area contributed by atoms with Crippen LogP contribution in [0.1, 0.15) is 52.9 Å². The maximum Gasteiger partial charge on any atom is 0.0394 e. The van der Waals surface area contributed by atoms with Crippen LogP contribution in [0.3, 0.4) is 0 Å². The van der Waals surface area contributed by atoms with Crippen LogP contribution in [0.15, 0.2) is 0 Å². The van der Waals surface area contributed by atoms with Gasteiger partial charge in [0, 0.05) is 27.8 Å². The van der Waals surface area contributed by atoms with E-state index in [0.29, 0.717) is 11.0 Å². The predicted octanol–water partition coefficient (Wildman–Crippen LogP) is 2.44. The van der Waals surface area contributed by atoms with Crippen molar-refractivity contribution in [1.29, 1.82) is 0 Å². The summed E-state index contributed by atoms with van der Waals surface area (Å²) in [4.78, 5) is 0. The zero-order valence-corrected chi connectivity index (χ0v) is 11.1. The second-order valence-electron chi connectivity index (χ2n) is 5.78. The number of hydrogen-bond donors (Lipinski definition) is 1. The minimum absolute atomic E-state index is 0.0558. The highest BCUT2D eigenvalue weighted by Crippen LogP contribution is 2.24. The first-order chi connectivity index (χ1) is 6.91. The molecular weight excluding hydrogens is 206 g/mol. The van der Waals surface area contributed by atoms with Crippen LogP contribution in [-0.4, -0.2) is 21.3 Å². The summed E-state index contributed by atoms with van der Waals surface area (Å²) < 4.78 is 12.1. The highest BCUT2D eigenvalue weighted by molar-refractivity contribution is 7.85. The maximum absolute atomic E-state index is 12.1. The lowest BCUT2D eigenvalue weighted by molar-refractivity contribution is 0.341. The fraction of sp³-hybridized carbons (Fsp3) is 1.00. The van der Waals surface area contributed by atoms with E-state index < -0.39 is 10.8 Å². The lowest BCUT2D eigenvalue weighted by atomic mass is 9.89. The molecule has 2 N–H and O–H groups in total. The van der Waals surface area contributed by atoms with Crippen molar-refractivity contribution in [2.45, 2.75) is 64.2 Å². The Kier molecular flexibility index (Phi) is 4.78. The van der Waals surface area contributed by atoms with Gasteiger partial charge in [0.05, 0.1) is 0 Å². The quantitative estimate of drug-likeness (QED) is 0.810. The van der Waals surface area contributed by atoms with E-state index in [9.17, 15) is 4.21 Å². The van der Waals surface area contributed by atoms with Crippen molar-refractivity contribution in [2.24, 2.45) is 11.1 Å². The SMILES string of the molecule is CC(C)(C)C(N)CS(=O)C1CCCCC1. The molecule has 90 valence electrons. The monoisotopic (exact) mass is 231 g/mol. The molecule has 2 atom stereocenters. The van der Waals surface area contributed by atoms with Gasteiger partial charge in [0.15, 0.2) is 0 Å². The van der Waals surface area contributed by atoms with Gasteiger partial charge in [-0.1, -0.05) is 40.0 Å². The number of rotatable bonds is 3. The summed E-state index contributed by atoms with van der Waals surface area (Å²) in [5, 5.41) is 0.423. The zero-order chi connectivity index (χ0) is 11.5. The Bertz CT molecular complexity index is 216. The lowest BCUT2D eigenvalue weighted by Crippen LogP contribution is -2.41. The second kappa shape index (κ2) is 5.44. The van der Waals surface area contributed by atoms with Crippen molar-refractivity contribution >= 4 is 10.8 Å². The molecule has 0 aromatic heterocycles. The summed E-state index contributed by atoms with van der Waals surface area (Å²) in [5.74, 6) is 0.675. The van der Waals surface area contributed by atoms with Crippen molar-refractivity contribution in [3.63, 3.8) is 0 Å². The molecule has 1 fully saturated rings. The molecule has 1 aliphatic rings. The third kappa shape index (κ3) is 4.23.